The van der Waals surface area contributed by atoms with Crippen LogP contribution in [0.15, 0.2) is 48.5 Å². The summed E-state index contributed by atoms with van der Waals surface area (Å²) in [6, 6.07) is 15.5. The summed E-state index contributed by atoms with van der Waals surface area (Å²) in [5.41, 5.74) is 7.95. The maximum Gasteiger partial charge on any atom is 0.143 e. The molecule has 3 heteroatoms. The highest BCUT2D eigenvalue weighted by atomic mass is 35.5. The number of nitrogens with two attached hydrogens (primary N) is 1. The average molecular weight is 262 g/mol. The van der Waals surface area contributed by atoms with Crippen molar-refractivity contribution in [3.05, 3.63) is 64.7 Å². The highest BCUT2D eigenvalue weighted by Crippen LogP contribution is 2.32. The largest absolute Gasteiger partial charge is 0.487 e. The number of benzene rings is 2. The normalized spacial score (nSPS) is 12.2. The Morgan fingerprint density at radius 3 is 2.50 bits per heavy atom. The second kappa shape index (κ2) is 5.89. The molecule has 0 heterocycles. The quantitative estimate of drug-likeness (QED) is 0.905. The predicted octanol–water partition coefficient (Wildman–Crippen LogP) is 3.94. The number of hydrogen-bond donors (Lipinski definition) is 1. The van der Waals surface area contributed by atoms with Crippen LogP contribution in [0.1, 0.15) is 24.1 Å². The molecule has 0 saturated carbocycles. The molecule has 0 aliphatic carbocycles. The molecule has 2 rings (SSSR count). The number of ether oxygens (including phenoxy) is 1. The van der Waals surface area contributed by atoms with Crippen molar-refractivity contribution in [1.29, 1.82) is 0 Å². The lowest BCUT2D eigenvalue weighted by atomic mass is 10.1. The van der Waals surface area contributed by atoms with Crippen molar-refractivity contribution in [3.63, 3.8) is 0 Å². The first-order valence-electron chi connectivity index (χ1n) is 5.89. The smallest absolute Gasteiger partial charge is 0.143 e. The fourth-order valence-electron chi connectivity index (χ4n) is 1.77. The topological polar surface area (TPSA) is 35.2 Å². The highest BCUT2D eigenvalue weighted by molar-refractivity contribution is 6.32. The Hall–Kier alpha value is -1.51. The molecule has 1 unspecified atom stereocenters. The van der Waals surface area contributed by atoms with Crippen LogP contribution in [0.4, 0.5) is 0 Å². The van der Waals surface area contributed by atoms with Crippen LogP contribution in [0.5, 0.6) is 5.75 Å². The molecule has 0 aliphatic heterocycles. The molecule has 0 fully saturated rings. The van der Waals surface area contributed by atoms with Crippen molar-refractivity contribution in [3.8, 4) is 5.75 Å². The van der Waals surface area contributed by atoms with Crippen LogP contribution in [0.3, 0.4) is 0 Å². The van der Waals surface area contributed by atoms with E-state index in [4.69, 9.17) is 22.1 Å². The number of hydrogen-bond acceptors (Lipinski definition) is 2. The summed E-state index contributed by atoms with van der Waals surface area (Å²) < 4.78 is 5.80. The Morgan fingerprint density at radius 2 is 1.83 bits per heavy atom. The molecule has 0 bridgehead atoms. The Balaban J connectivity index is 2.19. The van der Waals surface area contributed by atoms with Crippen molar-refractivity contribution in [2.75, 3.05) is 0 Å². The van der Waals surface area contributed by atoms with Gasteiger partial charge < -0.3 is 10.5 Å². The monoisotopic (exact) mass is 261 g/mol. The van der Waals surface area contributed by atoms with Crippen molar-refractivity contribution >= 4 is 11.6 Å². The fraction of sp³-hybridized carbons (Fsp3) is 0.200. The number of halogens is 1. The molecule has 1 atom stereocenters. The number of rotatable bonds is 4. The Kier molecular flexibility index (Phi) is 4.24. The van der Waals surface area contributed by atoms with Gasteiger partial charge in [0.2, 0.25) is 0 Å². The lowest BCUT2D eigenvalue weighted by Crippen LogP contribution is -2.08. The van der Waals surface area contributed by atoms with Gasteiger partial charge in [-0.25, -0.2) is 0 Å². The van der Waals surface area contributed by atoms with Gasteiger partial charge in [0.15, 0.2) is 0 Å². The standard InChI is InChI=1S/C15H16ClNO/c1-11(17)13-8-5-9-14(16)15(13)18-10-12-6-3-2-4-7-12/h2-9,11H,10,17H2,1H3. The minimum Gasteiger partial charge on any atom is -0.487 e. The third-order valence-corrected chi connectivity index (χ3v) is 3.01. The van der Waals surface area contributed by atoms with Gasteiger partial charge in [0.05, 0.1) is 5.02 Å². The van der Waals surface area contributed by atoms with E-state index in [1.165, 1.54) is 0 Å². The van der Waals surface area contributed by atoms with Crippen molar-refractivity contribution < 1.29 is 4.74 Å². The zero-order valence-corrected chi connectivity index (χ0v) is 11.0. The van der Waals surface area contributed by atoms with Gasteiger partial charge in [-0.1, -0.05) is 54.1 Å². The molecule has 0 spiro atoms. The Labute approximate surface area is 112 Å². The van der Waals surface area contributed by atoms with E-state index in [1.54, 1.807) is 0 Å². The van der Waals surface area contributed by atoms with Gasteiger partial charge in [-0.15, -0.1) is 0 Å². The third kappa shape index (κ3) is 3.03. The second-order valence-corrected chi connectivity index (χ2v) is 4.63. The van der Waals surface area contributed by atoms with Gasteiger partial charge in [0.1, 0.15) is 12.4 Å². The SMILES string of the molecule is CC(N)c1cccc(Cl)c1OCc1ccccc1. The van der Waals surface area contributed by atoms with Crippen LogP contribution in [-0.2, 0) is 6.61 Å². The molecular weight excluding hydrogens is 246 g/mol. The third-order valence-electron chi connectivity index (χ3n) is 2.71. The number of para-hydroxylation sites is 1. The Morgan fingerprint density at radius 1 is 1.11 bits per heavy atom. The lowest BCUT2D eigenvalue weighted by molar-refractivity contribution is 0.301. The summed E-state index contributed by atoms with van der Waals surface area (Å²) in [6.45, 7) is 2.41. The predicted molar refractivity (Wildman–Crippen MR) is 74.8 cm³/mol. The van der Waals surface area contributed by atoms with E-state index in [1.807, 2.05) is 55.5 Å². The maximum absolute atomic E-state index is 6.16. The van der Waals surface area contributed by atoms with Gasteiger partial charge in [-0.2, -0.15) is 0 Å². The van der Waals surface area contributed by atoms with E-state index in [9.17, 15) is 0 Å². The van der Waals surface area contributed by atoms with Crippen LogP contribution in [0, 0.1) is 0 Å². The minimum atomic E-state index is -0.102. The Bertz CT molecular complexity index is 511. The minimum absolute atomic E-state index is 0.102. The summed E-state index contributed by atoms with van der Waals surface area (Å²) in [7, 11) is 0. The molecule has 0 aliphatic rings. The summed E-state index contributed by atoms with van der Waals surface area (Å²) in [5.74, 6) is 0.679. The second-order valence-electron chi connectivity index (χ2n) is 4.22. The van der Waals surface area contributed by atoms with Crippen molar-refractivity contribution in [2.45, 2.75) is 19.6 Å². The molecule has 2 N–H and O–H groups in total. The first kappa shape index (κ1) is 12.9. The molecule has 0 radical (unpaired) electrons. The van der Waals surface area contributed by atoms with E-state index >= 15 is 0 Å². The van der Waals surface area contributed by atoms with Crippen LogP contribution in [-0.4, -0.2) is 0 Å². The zero-order chi connectivity index (χ0) is 13.0. The fourth-order valence-corrected chi connectivity index (χ4v) is 2.00. The van der Waals surface area contributed by atoms with Crippen LogP contribution in [0.2, 0.25) is 5.02 Å². The lowest BCUT2D eigenvalue weighted by Gasteiger charge is -2.15. The van der Waals surface area contributed by atoms with E-state index in [0.717, 1.165) is 11.1 Å². The molecular formula is C15H16ClNO. The van der Waals surface area contributed by atoms with Crippen LogP contribution >= 0.6 is 11.6 Å². The summed E-state index contributed by atoms with van der Waals surface area (Å²) in [5, 5.41) is 0.598. The van der Waals surface area contributed by atoms with Crippen molar-refractivity contribution in [2.24, 2.45) is 5.73 Å². The van der Waals surface area contributed by atoms with Gasteiger partial charge in [-0.3, -0.25) is 0 Å². The van der Waals surface area contributed by atoms with Gasteiger partial charge in [-0.05, 0) is 18.6 Å². The summed E-state index contributed by atoms with van der Waals surface area (Å²) >= 11 is 6.16. The summed E-state index contributed by atoms with van der Waals surface area (Å²) in [4.78, 5) is 0. The molecule has 2 aromatic rings. The average Bonchev–Trinajstić information content (AvgIpc) is 2.38. The first-order chi connectivity index (χ1) is 8.68. The van der Waals surface area contributed by atoms with Gasteiger partial charge in [0, 0.05) is 11.6 Å². The molecule has 0 aromatic heterocycles. The van der Waals surface area contributed by atoms with Crippen molar-refractivity contribution in [1.82, 2.24) is 0 Å². The maximum atomic E-state index is 6.16. The molecule has 0 amide bonds. The molecule has 0 saturated heterocycles. The van der Waals surface area contributed by atoms with Gasteiger partial charge >= 0.3 is 0 Å². The summed E-state index contributed by atoms with van der Waals surface area (Å²) in [6.07, 6.45) is 0. The molecule has 94 valence electrons. The highest BCUT2D eigenvalue weighted by Gasteiger charge is 2.11. The van der Waals surface area contributed by atoms with E-state index in [0.29, 0.717) is 17.4 Å². The van der Waals surface area contributed by atoms with Crippen LogP contribution < -0.4 is 10.5 Å². The van der Waals surface area contributed by atoms with Gasteiger partial charge in [0.25, 0.3) is 0 Å². The molecule has 18 heavy (non-hydrogen) atoms. The van der Waals surface area contributed by atoms with E-state index in [2.05, 4.69) is 0 Å². The molecule has 2 nitrogen and oxygen atoms in total. The van der Waals surface area contributed by atoms with E-state index < -0.39 is 0 Å². The van der Waals surface area contributed by atoms with E-state index in [-0.39, 0.29) is 6.04 Å². The van der Waals surface area contributed by atoms with Crippen LogP contribution in [0.25, 0.3) is 0 Å². The molecule has 2 aromatic carbocycles. The zero-order valence-electron chi connectivity index (χ0n) is 10.3. The first-order valence-corrected chi connectivity index (χ1v) is 6.27.